The highest BCUT2D eigenvalue weighted by Crippen LogP contribution is 2.34. The van der Waals surface area contributed by atoms with Crippen molar-refractivity contribution < 1.29 is 14.3 Å². The summed E-state index contributed by atoms with van der Waals surface area (Å²) >= 11 is 1.03. The molecule has 0 saturated carbocycles. The lowest BCUT2D eigenvalue weighted by atomic mass is 10.1. The lowest BCUT2D eigenvalue weighted by Gasteiger charge is -2.10. The number of fused-ring (bicyclic) bond motifs is 1. The summed E-state index contributed by atoms with van der Waals surface area (Å²) in [6.45, 7) is 6.03. The number of carbonyl (C=O) groups is 2. The second kappa shape index (κ2) is 10.1. The predicted molar refractivity (Wildman–Crippen MR) is 131 cm³/mol. The second-order valence-corrected chi connectivity index (χ2v) is 8.99. The van der Waals surface area contributed by atoms with Crippen LogP contribution in [0.3, 0.4) is 0 Å². The molecule has 32 heavy (non-hydrogen) atoms. The largest absolute Gasteiger partial charge is 0.494 e. The van der Waals surface area contributed by atoms with Crippen LogP contribution in [0.1, 0.15) is 37.3 Å². The Morgan fingerprint density at radius 1 is 1.00 bits per heavy atom. The fraction of sp³-hybridized carbons (Fsp3) is 0.308. The average Bonchev–Trinajstić information content (AvgIpc) is 3.28. The van der Waals surface area contributed by atoms with Crippen molar-refractivity contribution in [3.05, 3.63) is 70.8 Å². The van der Waals surface area contributed by atoms with E-state index in [1.807, 2.05) is 42.5 Å². The van der Waals surface area contributed by atoms with Crippen molar-refractivity contribution in [1.29, 1.82) is 0 Å². The highest BCUT2D eigenvalue weighted by molar-refractivity contribution is 8.18. The smallest absolute Gasteiger partial charge is 0.293 e. The Kier molecular flexibility index (Phi) is 7.00. The monoisotopic (exact) mass is 448 g/mol. The van der Waals surface area contributed by atoms with Gasteiger partial charge in [-0.25, -0.2) is 0 Å². The van der Waals surface area contributed by atoms with E-state index in [-0.39, 0.29) is 11.1 Å². The zero-order valence-electron chi connectivity index (χ0n) is 18.5. The number of amides is 2. The Labute approximate surface area is 193 Å². The summed E-state index contributed by atoms with van der Waals surface area (Å²) in [5, 5.41) is 0.902. The number of thioether (sulfide) groups is 1. The quantitative estimate of drug-likeness (QED) is 0.287. The number of aryl methyl sites for hydroxylation is 2. The third-order valence-corrected chi connectivity index (χ3v) is 6.46. The molecule has 1 fully saturated rings. The molecule has 0 bridgehead atoms. The molecule has 0 atom stereocenters. The maximum absolute atomic E-state index is 12.7. The first-order valence-electron chi connectivity index (χ1n) is 11.1. The standard InChI is InChI=1S/C26H28N2O3S/c1-3-4-15-28-25(29)24(32-26(28)30)17-20-18-27(23-9-6-5-8-22(20)23)14-7-16-31-21-12-10-19(2)11-13-21/h5-6,8-13,17-18H,3-4,7,14-16H2,1-2H3/b24-17-. The minimum absolute atomic E-state index is 0.174. The fourth-order valence-corrected chi connectivity index (χ4v) is 4.64. The van der Waals surface area contributed by atoms with E-state index in [0.29, 0.717) is 18.1 Å². The molecule has 1 aromatic heterocycles. The molecule has 6 heteroatoms. The van der Waals surface area contributed by atoms with Crippen molar-refractivity contribution in [2.24, 2.45) is 0 Å². The van der Waals surface area contributed by atoms with Gasteiger partial charge in [0, 0.05) is 35.8 Å². The number of benzene rings is 2. The maximum Gasteiger partial charge on any atom is 0.293 e. The van der Waals surface area contributed by atoms with Crippen molar-refractivity contribution in [2.45, 2.75) is 39.7 Å². The Morgan fingerprint density at radius 2 is 1.78 bits per heavy atom. The van der Waals surface area contributed by atoms with Crippen LogP contribution in [-0.4, -0.2) is 33.8 Å². The Balaban J connectivity index is 1.48. The number of hydrogen-bond donors (Lipinski definition) is 0. The van der Waals surface area contributed by atoms with Gasteiger partial charge < -0.3 is 9.30 Å². The van der Waals surface area contributed by atoms with Gasteiger partial charge in [-0.05, 0) is 55.8 Å². The Hall–Kier alpha value is -2.99. The van der Waals surface area contributed by atoms with Gasteiger partial charge in [-0.2, -0.15) is 0 Å². The van der Waals surface area contributed by atoms with Crippen LogP contribution in [0.25, 0.3) is 17.0 Å². The number of imide groups is 1. The van der Waals surface area contributed by atoms with E-state index in [0.717, 1.165) is 59.8 Å². The van der Waals surface area contributed by atoms with Crippen LogP contribution in [0, 0.1) is 6.92 Å². The molecule has 166 valence electrons. The molecule has 3 aromatic rings. The molecule has 5 nitrogen and oxygen atoms in total. The number of aromatic nitrogens is 1. The van der Waals surface area contributed by atoms with Gasteiger partial charge in [-0.3, -0.25) is 14.5 Å². The van der Waals surface area contributed by atoms with Crippen LogP contribution < -0.4 is 4.74 Å². The van der Waals surface area contributed by atoms with E-state index in [2.05, 4.69) is 36.7 Å². The minimum Gasteiger partial charge on any atom is -0.494 e. The molecule has 1 aliphatic heterocycles. The molecule has 2 amide bonds. The lowest BCUT2D eigenvalue weighted by molar-refractivity contribution is -0.122. The second-order valence-electron chi connectivity index (χ2n) is 8.00. The summed E-state index contributed by atoms with van der Waals surface area (Å²) in [5.74, 6) is 0.698. The SMILES string of the molecule is CCCCN1C(=O)S/C(=C\c2cn(CCCOc3ccc(C)cc3)c3ccccc23)C1=O. The molecule has 2 heterocycles. The van der Waals surface area contributed by atoms with Gasteiger partial charge in [0.1, 0.15) is 5.75 Å². The van der Waals surface area contributed by atoms with Crippen molar-refractivity contribution in [3.63, 3.8) is 0 Å². The minimum atomic E-state index is -0.184. The zero-order valence-corrected chi connectivity index (χ0v) is 19.4. The Bertz CT molecular complexity index is 1150. The molecule has 0 N–H and O–H groups in total. The zero-order chi connectivity index (χ0) is 22.5. The van der Waals surface area contributed by atoms with Gasteiger partial charge in [0.15, 0.2) is 0 Å². The number of unbranched alkanes of at least 4 members (excludes halogenated alkanes) is 1. The number of ether oxygens (including phenoxy) is 1. The third-order valence-electron chi connectivity index (χ3n) is 5.55. The van der Waals surface area contributed by atoms with E-state index in [1.165, 1.54) is 10.5 Å². The molecular weight excluding hydrogens is 420 g/mol. The van der Waals surface area contributed by atoms with Crippen molar-refractivity contribution in [1.82, 2.24) is 9.47 Å². The number of hydrogen-bond acceptors (Lipinski definition) is 4. The molecule has 0 aliphatic carbocycles. The van der Waals surface area contributed by atoms with Crippen molar-refractivity contribution >= 4 is 39.9 Å². The van der Waals surface area contributed by atoms with Gasteiger partial charge in [-0.15, -0.1) is 0 Å². The van der Waals surface area contributed by atoms with E-state index in [1.54, 1.807) is 0 Å². The van der Waals surface area contributed by atoms with Gasteiger partial charge >= 0.3 is 0 Å². The first kappa shape index (κ1) is 22.2. The molecule has 0 unspecified atom stereocenters. The van der Waals surface area contributed by atoms with Gasteiger partial charge in [-0.1, -0.05) is 49.2 Å². The van der Waals surface area contributed by atoms with Crippen molar-refractivity contribution in [3.8, 4) is 5.75 Å². The topological polar surface area (TPSA) is 51.5 Å². The van der Waals surface area contributed by atoms with Crippen LogP contribution in [0.15, 0.2) is 59.6 Å². The number of nitrogens with zero attached hydrogens (tertiary/aromatic N) is 2. The molecule has 0 spiro atoms. The number of para-hydroxylation sites is 1. The third kappa shape index (κ3) is 4.91. The summed E-state index contributed by atoms with van der Waals surface area (Å²) in [4.78, 5) is 26.9. The average molecular weight is 449 g/mol. The van der Waals surface area contributed by atoms with E-state index in [9.17, 15) is 9.59 Å². The molecular formula is C26H28N2O3S. The predicted octanol–water partition coefficient (Wildman–Crippen LogP) is 6.26. The first-order valence-corrected chi connectivity index (χ1v) is 11.9. The van der Waals surface area contributed by atoms with E-state index in [4.69, 9.17) is 4.74 Å². The van der Waals surface area contributed by atoms with Crippen molar-refractivity contribution in [2.75, 3.05) is 13.2 Å². The summed E-state index contributed by atoms with van der Waals surface area (Å²) in [6, 6.07) is 16.2. The fourth-order valence-electron chi connectivity index (χ4n) is 3.78. The van der Waals surface area contributed by atoms with Crippen LogP contribution in [0.4, 0.5) is 4.79 Å². The highest BCUT2D eigenvalue weighted by atomic mass is 32.2. The molecule has 1 aliphatic rings. The van der Waals surface area contributed by atoms with Crippen LogP contribution in [0.5, 0.6) is 5.75 Å². The van der Waals surface area contributed by atoms with Gasteiger partial charge in [0.05, 0.1) is 11.5 Å². The van der Waals surface area contributed by atoms with Crippen LogP contribution in [-0.2, 0) is 11.3 Å². The molecule has 2 aromatic carbocycles. The number of rotatable bonds is 9. The summed E-state index contributed by atoms with van der Waals surface area (Å²) in [6.07, 6.45) is 6.56. The summed E-state index contributed by atoms with van der Waals surface area (Å²) < 4.78 is 8.06. The van der Waals surface area contributed by atoms with Gasteiger partial charge in [0.2, 0.25) is 0 Å². The normalized spacial score (nSPS) is 15.3. The maximum atomic E-state index is 12.7. The molecule has 0 radical (unpaired) electrons. The summed E-state index contributed by atoms with van der Waals surface area (Å²) in [7, 11) is 0. The highest BCUT2D eigenvalue weighted by Gasteiger charge is 2.34. The lowest BCUT2D eigenvalue weighted by Crippen LogP contribution is -2.29. The van der Waals surface area contributed by atoms with Gasteiger partial charge in [0.25, 0.3) is 11.1 Å². The first-order chi connectivity index (χ1) is 15.6. The summed E-state index contributed by atoms with van der Waals surface area (Å²) in [5.41, 5.74) is 3.28. The van der Waals surface area contributed by atoms with Crippen LogP contribution >= 0.6 is 11.8 Å². The van der Waals surface area contributed by atoms with Crippen LogP contribution in [0.2, 0.25) is 0 Å². The van der Waals surface area contributed by atoms with E-state index >= 15 is 0 Å². The molecule has 4 rings (SSSR count). The van der Waals surface area contributed by atoms with E-state index < -0.39 is 0 Å². The molecule has 1 saturated heterocycles. The number of carbonyl (C=O) groups excluding carboxylic acids is 2. The Morgan fingerprint density at radius 3 is 2.56 bits per heavy atom.